The molecular weight excluding hydrogens is 362 g/mol. The molecule has 5 nitrogen and oxygen atoms in total. The number of hydrogen-bond acceptors (Lipinski definition) is 4. The van der Waals surface area contributed by atoms with E-state index in [9.17, 15) is 0 Å². The Morgan fingerprint density at radius 1 is 0.759 bits per heavy atom. The average molecular weight is 381 g/mol. The molecule has 0 aliphatic rings. The molecule has 0 amide bonds. The first-order valence-electron chi connectivity index (χ1n) is 9.34. The van der Waals surface area contributed by atoms with Crippen molar-refractivity contribution in [2.75, 3.05) is 14.2 Å². The van der Waals surface area contributed by atoms with Crippen LogP contribution in [0.4, 0.5) is 0 Å². The molecular formula is C24H19N3O2. The van der Waals surface area contributed by atoms with E-state index in [4.69, 9.17) is 19.6 Å². The van der Waals surface area contributed by atoms with E-state index in [2.05, 4.69) is 18.2 Å². The number of nitrogens with zero attached hydrogens (tertiary/aromatic N) is 3. The summed E-state index contributed by atoms with van der Waals surface area (Å²) >= 11 is 0. The highest BCUT2D eigenvalue weighted by molar-refractivity contribution is 6.10. The fourth-order valence-electron chi connectivity index (χ4n) is 3.67. The Balaban J connectivity index is 1.88. The van der Waals surface area contributed by atoms with Crippen molar-refractivity contribution in [2.24, 2.45) is 0 Å². The van der Waals surface area contributed by atoms with E-state index in [0.29, 0.717) is 0 Å². The molecule has 0 radical (unpaired) electrons. The largest absolute Gasteiger partial charge is 0.497 e. The van der Waals surface area contributed by atoms with E-state index in [0.717, 1.165) is 50.2 Å². The summed E-state index contributed by atoms with van der Waals surface area (Å²) in [6.07, 6.45) is 1.88. The first-order valence-corrected chi connectivity index (χ1v) is 9.34. The molecule has 5 heteroatoms. The molecule has 0 aliphatic heterocycles. The zero-order valence-corrected chi connectivity index (χ0v) is 16.2. The number of hydrogen-bond donors (Lipinski definition) is 0. The van der Waals surface area contributed by atoms with Crippen molar-refractivity contribution in [1.29, 1.82) is 0 Å². The first-order chi connectivity index (χ1) is 14.3. The molecule has 0 saturated carbocycles. The van der Waals surface area contributed by atoms with Crippen molar-refractivity contribution in [2.45, 2.75) is 0 Å². The molecule has 5 aromatic rings. The van der Waals surface area contributed by atoms with Crippen LogP contribution >= 0.6 is 0 Å². The van der Waals surface area contributed by atoms with Crippen LogP contribution in [0.3, 0.4) is 0 Å². The van der Waals surface area contributed by atoms with Gasteiger partial charge in [-0.05, 0) is 30.3 Å². The lowest BCUT2D eigenvalue weighted by molar-refractivity contribution is 0.414. The molecule has 0 atom stereocenters. The highest BCUT2D eigenvalue weighted by Crippen LogP contribution is 2.36. The third-order valence-corrected chi connectivity index (χ3v) is 5.08. The van der Waals surface area contributed by atoms with Gasteiger partial charge in [-0.25, -0.2) is 4.68 Å². The van der Waals surface area contributed by atoms with Gasteiger partial charge in [-0.3, -0.25) is 4.98 Å². The van der Waals surface area contributed by atoms with Crippen molar-refractivity contribution in [3.05, 3.63) is 79.0 Å². The molecule has 142 valence electrons. The molecule has 0 spiro atoms. The maximum Gasteiger partial charge on any atom is 0.145 e. The van der Waals surface area contributed by atoms with Crippen molar-refractivity contribution in [3.8, 4) is 28.4 Å². The molecule has 0 fully saturated rings. The highest BCUT2D eigenvalue weighted by Gasteiger charge is 2.18. The van der Waals surface area contributed by atoms with Crippen LogP contribution in [0.1, 0.15) is 0 Å². The number of benzene rings is 3. The van der Waals surface area contributed by atoms with Crippen molar-refractivity contribution in [3.63, 3.8) is 0 Å². The second kappa shape index (κ2) is 6.95. The minimum atomic E-state index is 0.744. The van der Waals surface area contributed by atoms with Gasteiger partial charge in [0.1, 0.15) is 22.7 Å². The summed E-state index contributed by atoms with van der Waals surface area (Å²) in [5.74, 6) is 1.55. The second-order valence-corrected chi connectivity index (χ2v) is 6.70. The Bertz CT molecular complexity index is 1310. The van der Waals surface area contributed by atoms with E-state index in [1.807, 2.05) is 65.5 Å². The van der Waals surface area contributed by atoms with E-state index in [1.165, 1.54) is 0 Å². The topological polar surface area (TPSA) is 49.2 Å². The van der Waals surface area contributed by atoms with Gasteiger partial charge in [0.05, 0.1) is 25.4 Å². The van der Waals surface area contributed by atoms with Gasteiger partial charge in [0, 0.05) is 22.5 Å². The van der Waals surface area contributed by atoms with Crippen LogP contribution < -0.4 is 9.47 Å². The minimum absolute atomic E-state index is 0.744. The minimum Gasteiger partial charge on any atom is -0.497 e. The maximum atomic E-state index is 5.53. The van der Waals surface area contributed by atoms with Gasteiger partial charge >= 0.3 is 0 Å². The number of aromatic nitrogens is 3. The monoisotopic (exact) mass is 381 g/mol. The standard InChI is InChI=1S/C24H19N3O2/c1-28-18-13-11-17(12-14-18)27-24-19-9-6-10-21(29-2)23(19)25-15-20(24)22(26-27)16-7-4-3-5-8-16/h3-15H,1-2H3. The Morgan fingerprint density at radius 3 is 2.28 bits per heavy atom. The molecule has 0 unspecified atom stereocenters. The predicted octanol–water partition coefficient (Wildman–Crippen LogP) is 5.26. The average Bonchev–Trinajstić information content (AvgIpc) is 3.19. The highest BCUT2D eigenvalue weighted by atomic mass is 16.5. The van der Waals surface area contributed by atoms with Gasteiger partial charge in [-0.2, -0.15) is 5.10 Å². The molecule has 5 rings (SSSR count). The normalized spacial score (nSPS) is 11.1. The van der Waals surface area contributed by atoms with Crippen LogP contribution in [0.25, 0.3) is 38.8 Å². The number of pyridine rings is 1. The van der Waals surface area contributed by atoms with E-state index < -0.39 is 0 Å². The summed E-state index contributed by atoms with van der Waals surface area (Å²) in [5, 5.41) is 6.97. The summed E-state index contributed by atoms with van der Waals surface area (Å²) in [5.41, 5.74) is 4.71. The van der Waals surface area contributed by atoms with Crippen LogP contribution in [-0.2, 0) is 0 Å². The van der Waals surface area contributed by atoms with Crippen LogP contribution in [0.2, 0.25) is 0 Å². The van der Waals surface area contributed by atoms with Crippen molar-refractivity contribution in [1.82, 2.24) is 14.8 Å². The van der Waals surface area contributed by atoms with E-state index in [-0.39, 0.29) is 0 Å². The lowest BCUT2D eigenvalue weighted by Gasteiger charge is -2.09. The number of para-hydroxylation sites is 1. The summed E-state index contributed by atoms with van der Waals surface area (Å²) < 4.78 is 12.8. The fraction of sp³-hybridized carbons (Fsp3) is 0.0833. The molecule has 0 aliphatic carbocycles. The Hall–Kier alpha value is -3.86. The molecule has 0 N–H and O–H groups in total. The first kappa shape index (κ1) is 17.3. The van der Waals surface area contributed by atoms with Crippen LogP contribution in [0, 0.1) is 0 Å². The molecule has 2 heterocycles. The number of rotatable bonds is 4. The van der Waals surface area contributed by atoms with Crippen LogP contribution in [0.15, 0.2) is 79.0 Å². The predicted molar refractivity (Wildman–Crippen MR) is 115 cm³/mol. The lowest BCUT2D eigenvalue weighted by atomic mass is 10.1. The number of fused-ring (bicyclic) bond motifs is 3. The van der Waals surface area contributed by atoms with Gasteiger partial charge in [-0.15, -0.1) is 0 Å². The smallest absolute Gasteiger partial charge is 0.145 e. The Kier molecular flexibility index (Phi) is 4.13. The number of ether oxygens (including phenoxy) is 2. The second-order valence-electron chi connectivity index (χ2n) is 6.70. The molecule has 3 aromatic carbocycles. The molecule has 0 bridgehead atoms. The third-order valence-electron chi connectivity index (χ3n) is 5.08. The van der Waals surface area contributed by atoms with Crippen molar-refractivity contribution < 1.29 is 9.47 Å². The van der Waals surface area contributed by atoms with E-state index >= 15 is 0 Å². The third kappa shape index (κ3) is 2.79. The van der Waals surface area contributed by atoms with E-state index in [1.54, 1.807) is 14.2 Å². The van der Waals surface area contributed by atoms with Gasteiger partial charge in [-0.1, -0.05) is 42.5 Å². The molecule has 29 heavy (non-hydrogen) atoms. The summed E-state index contributed by atoms with van der Waals surface area (Å²) in [7, 11) is 3.33. The van der Waals surface area contributed by atoms with Gasteiger partial charge in [0.2, 0.25) is 0 Å². The van der Waals surface area contributed by atoms with Crippen LogP contribution in [0.5, 0.6) is 11.5 Å². The molecule has 2 aromatic heterocycles. The van der Waals surface area contributed by atoms with Crippen molar-refractivity contribution >= 4 is 21.8 Å². The fourth-order valence-corrected chi connectivity index (χ4v) is 3.67. The van der Waals surface area contributed by atoms with Gasteiger partial charge in [0.15, 0.2) is 0 Å². The van der Waals surface area contributed by atoms with Gasteiger partial charge < -0.3 is 9.47 Å². The number of methoxy groups -OCH3 is 2. The summed E-state index contributed by atoms with van der Waals surface area (Å²) in [4.78, 5) is 4.70. The molecule has 0 saturated heterocycles. The van der Waals surface area contributed by atoms with Crippen LogP contribution in [-0.4, -0.2) is 29.0 Å². The summed E-state index contributed by atoms with van der Waals surface area (Å²) in [6, 6.07) is 24.0. The summed E-state index contributed by atoms with van der Waals surface area (Å²) in [6.45, 7) is 0. The Labute approximate surface area is 168 Å². The maximum absolute atomic E-state index is 5.53. The quantitative estimate of drug-likeness (QED) is 0.426. The van der Waals surface area contributed by atoms with Gasteiger partial charge in [0.25, 0.3) is 0 Å². The zero-order chi connectivity index (χ0) is 19.8. The zero-order valence-electron chi connectivity index (χ0n) is 16.2. The Morgan fingerprint density at radius 2 is 1.55 bits per heavy atom. The SMILES string of the molecule is COc1ccc(-n2nc(-c3ccccc3)c3cnc4c(OC)cccc4c32)cc1. The lowest BCUT2D eigenvalue weighted by Crippen LogP contribution is -1.98.